The van der Waals surface area contributed by atoms with Gasteiger partial charge in [0.05, 0.1) is 13.7 Å². The van der Waals surface area contributed by atoms with E-state index >= 15 is 0 Å². The lowest BCUT2D eigenvalue weighted by atomic mass is 10.2. The summed E-state index contributed by atoms with van der Waals surface area (Å²) < 4.78 is 15.2. The Hall–Kier alpha value is -2.41. The Kier molecular flexibility index (Phi) is 5.91. The van der Waals surface area contributed by atoms with Gasteiger partial charge in [0.1, 0.15) is 5.75 Å². The van der Waals surface area contributed by atoms with Crippen LogP contribution in [0.2, 0.25) is 0 Å². The first-order chi connectivity index (χ1) is 10.7. The standard InChI is InChI=1S/C15H19N3O4/c1-20-9-8-16-13(19)6-7-14-17-15(18-22-14)11-4-3-5-12(10-11)21-2/h3-5,10H,6-9H2,1-2H3,(H,16,19). The molecule has 2 aromatic rings. The number of carbonyl (C=O) groups excluding carboxylic acids is 1. The Morgan fingerprint density at radius 2 is 2.23 bits per heavy atom. The molecule has 7 heteroatoms. The number of benzene rings is 1. The Labute approximate surface area is 128 Å². The molecule has 0 saturated heterocycles. The summed E-state index contributed by atoms with van der Waals surface area (Å²) in [5, 5.41) is 6.66. The number of hydrogen-bond donors (Lipinski definition) is 1. The molecule has 0 bridgehead atoms. The molecule has 7 nitrogen and oxygen atoms in total. The predicted molar refractivity (Wildman–Crippen MR) is 79.5 cm³/mol. The Morgan fingerprint density at radius 3 is 3.00 bits per heavy atom. The lowest BCUT2D eigenvalue weighted by Gasteiger charge is -2.02. The molecule has 2 rings (SSSR count). The summed E-state index contributed by atoms with van der Waals surface area (Å²) in [4.78, 5) is 15.9. The summed E-state index contributed by atoms with van der Waals surface area (Å²) >= 11 is 0. The van der Waals surface area contributed by atoms with Gasteiger partial charge in [0.25, 0.3) is 0 Å². The first kappa shape index (κ1) is 16.0. The van der Waals surface area contributed by atoms with E-state index in [9.17, 15) is 4.79 Å². The zero-order chi connectivity index (χ0) is 15.8. The monoisotopic (exact) mass is 305 g/mol. The normalized spacial score (nSPS) is 10.5. The summed E-state index contributed by atoms with van der Waals surface area (Å²) in [5.41, 5.74) is 0.805. The number of hydrogen-bond acceptors (Lipinski definition) is 6. The third-order valence-electron chi connectivity index (χ3n) is 2.99. The van der Waals surface area contributed by atoms with Crippen molar-refractivity contribution in [1.29, 1.82) is 0 Å². The molecular formula is C15H19N3O4. The molecule has 1 aromatic heterocycles. The Balaban J connectivity index is 1.89. The maximum atomic E-state index is 11.6. The van der Waals surface area contributed by atoms with Gasteiger partial charge in [-0.2, -0.15) is 4.98 Å². The van der Waals surface area contributed by atoms with Gasteiger partial charge in [-0.3, -0.25) is 4.79 Å². The number of ether oxygens (including phenoxy) is 2. The van der Waals surface area contributed by atoms with Gasteiger partial charge in [0.2, 0.25) is 17.6 Å². The lowest BCUT2D eigenvalue weighted by molar-refractivity contribution is -0.121. The van der Waals surface area contributed by atoms with Gasteiger partial charge in [0, 0.05) is 32.1 Å². The van der Waals surface area contributed by atoms with E-state index in [4.69, 9.17) is 14.0 Å². The molecule has 0 fully saturated rings. The molecule has 22 heavy (non-hydrogen) atoms. The summed E-state index contributed by atoms with van der Waals surface area (Å²) in [7, 11) is 3.19. The average Bonchev–Trinajstić information content (AvgIpc) is 3.02. The number of carbonyl (C=O) groups is 1. The van der Waals surface area contributed by atoms with Crippen LogP contribution in [-0.4, -0.2) is 43.4 Å². The summed E-state index contributed by atoms with van der Waals surface area (Å²) in [6.45, 7) is 0.987. The number of methoxy groups -OCH3 is 2. The third kappa shape index (κ3) is 4.56. The lowest BCUT2D eigenvalue weighted by Crippen LogP contribution is -2.27. The van der Waals surface area contributed by atoms with Gasteiger partial charge in [-0.05, 0) is 12.1 Å². The molecule has 1 aromatic carbocycles. The van der Waals surface area contributed by atoms with Crippen molar-refractivity contribution in [2.24, 2.45) is 0 Å². The van der Waals surface area contributed by atoms with Gasteiger partial charge in [-0.25, -0.2) is 0 Å². The van der Waals surface area contributed by atoms with Crippen molar-refractivity contribution >= 4 is 5.91 Å². The fourth-order valence-electron chi connectivity index (χ4n) is 1.84. The molecular weight excluding hydrogens is 286 g/mol. The molecule has 0 aliphatic heterocycles. The molecule has 118 valence electrons. The van der Waals surface area contributed by atoms with E-state index in [0.717, 1.165) is 11.3 Å². The molecule has 0 atom stereocenters. The number of rotatable bonds is 8. The van der Waals surface area contributed by atoms with Crippen LogP contribution < -0.4 is 10.1 Å². The molecule has 1 N–H and O–H groups in total. The second-order valence-corrected chi connectivity index (χ2v) is 4.59. The highest BCUT2D eigenvalue weighted by Gasteiger charge is 2.11. The second-order valence-electron chi connectivity index (χ2n) is 4.59. The minimum absolute atomic E-state index is 0.0711. The highest BCUT2D eigenvalue weighted by atomic mass is 16.5. The molecule has 0 aliphatic carbocycles. The molecule has 0 spiro atoms. The smallest absolute Gasteiger partial charge is 0.227 e. The minimum Gasteiger partial charge on any atom is -0.497 e. The number of aromatic nitrogens is 2. The SMILES string of the molecule is COCCNC(=O)CCc1nc(-c2cccc(OC)c2)no1. The van der Waals surface area contributed by atoms with Crippen molar-refractivity contribution < 1.29 is 18.8 Å². The van der Waals surface area contributed by atoms with Crippen LogP contribution in [0.25, 0.3) is 11.4 Å². The van der Waals surface area contributed by atoms with Gasteiger partial charge in [-0.15, -0.1) is 0 Å². The van der Waals surface area contributed by atoms with Crippen molar-refractivity contribution in [3.63, 3.8) is 0 Å². The van der Waals surface area contributed by atoms with Crippen molar-refractivity contribution in [1.82, 2.24) is 15.5 Å². The van der Waals surface area contributed by atoms with Crippen LogP contribution in [0.5, 0.6) is 5.75 Å². The van der Waals surface area contributed by atoms with Crippen LogP contribution in [0.15, 0.2) is 28.8 Å². The first-order valence-corrected chi connectivity index (χ1v) is 6.95. The first-order valence-electron chi connectivity index (χ1n) is 6.95. The topological polar surface area (TPSA) is 86.5 Å². The molecule has 0 radical (unpaired) electrons. The zero-order valence-electron chi connectivity index (χ0n) is 12.7. The Morgan fingerprint density at radius 1 is 1.36 bits per heavy atom. The van der Waals surface area contributed by atoms with Gasteiger partial charge in [-0.1, -0.05) is 17.3 Å². The molecule has 0 saturated carbocycles. The highest BCUT2D eigenvalue weighted by molar-refractivity contribution is 5.76. The van der Waals surface area contributed by atoms with Gasteiger partial charge >= 0.3 is 0 Å². The predicted octanol–water partition coefficient (Wildman–Crippen LogP) is 1.44. The molecule has 0 unspecified atom stereocenters. The number of aryl methyl sites for hydroxylation is 1. The molecule has 1 amide bonds. The fourth-order valence-corrected chi connectivity index (χ4v) is 1.84. The van der Waals surface area contributed by atoms with E-state index in [1.165, 1.54) is 0 Å². The number of nitrogens with zero attached hydrogens (tertiary/aromatic N) is 2. The van der Waals surface area contributed by atoms with Crippen LogP contribution in [0.1, 0.15) is 12.3 Å². The van der Waals surface area contributed by atoms with Crippen LogP contribution >= 0.6 is 0 Å². The fraction of sp³-hybridized carbons (Fsp3) is 0.400. The quantitative estimate of drug-likeness (QED) is 0.743. The maximum Gasteiger partial charge on any atom is 0.227 e. The third-order valence-corrected chi connectivity index (χ3v) is 2.99. The highest BCUT2D eigenvalue weighted by Crippen LogP contribution is 2.21. The van der Waals surface area contributed by atoms with E-state index in [1.54, 1.807) is 14.2 Å². The van der Waals surface area contributed by atoms with Crippen LogP contribution in [0.3, 0.4) is 0 Å². The average molecular weight is 305 g/mol. The van der Waals surface area contributed by atoms with Crippen LogP contribution in [0, 0.1) is 0 Å². The van der Waals surface area contributed by atoms with E-state index in [0.29, 0.717) is 37.7 Å². The van der Waals surface area contributed by atoms with Crippen molar-refractivity contribution in [3.8, 4) is 17.1 Å². The van der Waals surface area contributed by atoms with E-state index < -0.39 is 0 Å². The second kappa shape index (κ2) is 8.14. The zero-order valence-corrected chi connectivity index (χ0v) is 12.7. The van der Waals surface area contributed by atoms with Crippen molar-refractivity contribution in [2.45, 2.75) is 12.8 Å². The Bertz CT molecular complexity index is 612. The van der Waals surface area contributed by atoms with Crippen LogP contribution in [0.4, 0.5) is 0 Å². The van der Waals surface area contributed by atoms with Crippen LogP contribution in [-0.2, 0) is 16.0 Å². The summed E-state index contributed by atoms with van der Waals surface area (Å²) in [5.74, 6) is 1.56. The van der Waals surface area contributed by atoms with Gasteiger partial charge < -0.3 is 19.3 Å². The van der Waals surface area contributed by atoms with E-state index in [2.05, 4.69) is 15.5 Å². The van der Waals surface area contributed by atoms with E-state index in [1.807, 2.05) is 24.3 Å². The largest absolute Gasteiger partial charge is 0.497 e. The van der Waals surface area contributed by atoms with Crippen molar-refractivity contribution in [3.05, 3.63) is 30.2 Å². The molecule has 1 heterocycles. The van der Waals surface area contributed by atoms with E-state index in [-0.39, 0.29) is 5.91 Å². The maximum absolute atomic E-state index is 11.6. The number of nitrogens with one attached hydrogen (secondary N) is 1. The van der Waals surface area contributed by atoms with Gasteiger partial charge in [0.15, 0.2) is 0 Å². The number of amides is 1. The molecule has 0 aliphatic rings. The summed E-state index contributed by atoms with van der Waals surface area (Å²) in [6.07, 6.45) is 0.694. The summed E-state index contributed by atoms with van der Waals surface area (Å²) in [6, 6.07) is 7.39. The van der Waals surface area contributed by atoms with Crippen molar-refractivity contribution in [2.75, 3.05) is 27.4 Å². The minimum atomic E-state index is -0.0711.